The summed E-state index contributed by atoms with van der Waals surface area (Å²) in [7, 11) is 1.85. The summed E-state index contributed by atoms with van der Waals surface area (Å²) >= 11 is 1.42. The van der Waals surface area contributed by atoms with Crippen molar-refractivity contribution in [2.45, 2.75) is 6.10 Å². The van der Waals surface area contributed by atoms with E-state index in [0.717, 1.165) is 4.88 Å². The van der Waals surface area contributed by atoms with Crippen LogP contribution in [0.1, 0.15) is 16.8 Å². The van der Waals surface area contributed by atoms with E-state index >= 15 is 0 Å². The zero-order valence-electron chi connectivity index (χ0n) is 7.08. The lowest BCUT2D eigenvalue weighted by Gasteiger charge is -2.06. The molecule has 0 aliphatic carbocycles. The zero-order valence-corrected chi connectivity index (χ0v) is 7.90. The number of aliphatic hydroxyl groups is 1. The van der Waals surface area contributed by atoms with Gasteiger partial charge >= 0.3 is 0 Å². The van der Waals surface area contributed by atoms with Gasteiger partial charge in [0.15, 0.2) is 0 Å². The molecule has 1 unspecified atom stereocenters. The molecule has 0 saturated heterocycles. The molecule has 0 amide bonds. The second kappa shape index (κ2) is 3.27. The average Bonchev–Trinajstić information content (AvgIpc) is 2.72. The van der Waals surface area contributed by atoms with Crippen LogP contribution in [-0.2, 0) is 7.05 Å². The SMILES string of the molecule is Cn1ccnc1C(O)c1cncs1. The van der Waals surface area contributed by atoms with Gasteiger partial charge in [-0.15, -0.1) is 11.3 Å². The van der Waals surface area contributed by atoms with Crippen LogP contribution in [0, 0.1) is 0 Å². The summed E-state index contributed by atoms with van der Waals surface area (Å²) in [6.07, 6.45) is 4.47. The molecule has 0 fully saturated rings. The first-order valence-electron chi connectivity index (χ1n) is 3.82. The molecule has 2 heterocycles. The van der Waals surface area contributed by atoms with Crippen molar-refractivity contribution in [1.82, 2.24) is 14.5 Å². The van der Waals surface area contributed by atoms with Crippen LogP contribution in [0.4, 0.5) is 0 Å². The van der Waals surface area contributed by atoms with Crippen molar-refractivity contribution in [3.63, 3.8) is 0 Å². The molecule has 2 aromatic rings. The molecule has 0 aliphatic heterocycles. The summed E-state index contributed by atoms with van der Waals surface area (Å²) in [6.45, 7) is 0. The molecule has 13 heavy (non-hydrogen) atoms. The largest absolute Gasteiger partial charge is 0.379 e. The number of hydrogen-bond acceptors (Lipinski definition) is 4. The number of imidazole rings is 1. The van der Waals surface area contributed by atoms with E-state index in [2.05, 4.69) is 9.97 Å². The molecular weight excluding hydrogens is 186 g/mol. The van der Waals surface area contributed by atoms with E-state index < -0.39 is 6.10 Å². The van der Waals surface area contributed by atoms with Gasteiger partial charge in [0.2, 0.25) is 0 Å². The van der Waals surface area contributed by atoms with E-state index in [9.17, 15) is 5.11 Å². The van der Waals surface area contributed by atoms with Gasteiger partial charge in [-0.05, 0) is 0 Å². The number of aliphatic hydroxyl groups excluding tert-OH is 1. The molecule has 1 N–H and O–H groups in total. The Morgan fingerprint density at radius 2 is 2.46 bits per heavy atom. The molecule has 0 bridgehead atoms. The quantitative estimate of drug-likeness (QED) is 0.776. The Morgan fingerprint density at radius 1 is 1.62 bits per heavy atom. The summed E-state index contributed by atoms with van der Waals surface area (Å²) in [5, 5.41) is 9.84. The Bertz CT molecular complexity index is 382. The van der Waals surface area contributed by atoms with Crippen molar-refractivity contribution in [2.75, 3.05) is 0 Å². The summed E-state index contributed by atoms with van der Waals surface area (Å²) in [5.74, 6) is 0.643. The van der Waals surface area contributed by atoms with Crippen molar-refractivity contribution < 1.29 is 5.11 Å². The van der Waals surface area contributed by atoms with E-state index in [-0.39, 0.29) is 0 Å². The molecule has 0 aliphatic rings. The fraction of sp³-hybridized carbons (Fsp3) is 0.250. The number of thiazole rings is 1. The molecule has 0 spiro atoms. The van der Waals surface area contributed by atoms with Gasteiger partial charge in [-0.3, -0.25) is 4.98 Å². The van der Waals surface area contributed by atoms with Gasteiger partial charge in [-0.2, -0.15) is 0 Å². The van der Waals surface area contributed by atoms with Crippen molar-refractivity contribution in [3.8, 4) is 0 Å². The summed E-state index contributed by atoms with van der Waals surface area (Å²) < 4.78 is 1.80. The number of aryl methyl sites for hydroxylation is 1. The Labute approximate surface area is 79.5 Å². The first-order chi connectivity index (χ1) is 6.29. The lowest BCUT2D eigenvalue weighted by atomic mass is 10.3. The van der Waals surface area contributed by atoms with Crippen LogP contribution in [-0.4, -0.2) is 19.6 Å². The normalized spacial score (nSPS) is 13.1. The van der Waals surface area contributed by atoms with Crippen LogP contribution in [0.5, 0.6) is 0 Å². The monoisotopic (exact) mass is 195 g/mol. The van der Waals surface area contributed by atoms with Gasteiger partial charge in [0.1, 0.15) is 11.9 Å². The average molecular weight is 195 g/mol. The molecule has 0 radical (unpaired) electrons. The van der Waals surface area contributed by atoms with E-state index in [1.165, 1.54) is 11.3 Å². The Hall–Kier alpha value is -1.20. The van der Waals surface area contributed by atoms with Gasteiger partial charge in [-0.1, -0.05) is 0 Å². The van der Waals surface area contributed by atoms with Crippen LogP contribution >= 0.6 is 11.3 Å². The molecule has 5 heteroatoms. The van der Waals surface area contributed by atoms with Gasteiger partial charge in [0.25, 0.3) is 0 Å². The Morgan fingerprint density at radius 3 is 3.00 bits per heavy atom. The minimum atomic E-state index is -0.660. The van der Waals surface area contributed by atoms with Crippen LogP contribution < -0.4 is 0 Å². The minimum absolute atomic E-state index is 0.643. The predicted octanol–water partition coefficient (Wildman–Crippen LogP) is 0.958. The van der Waals surface area contributed by atoms with Crippen LogP contribution in [0.25, 0.3) is 0 Å². The van der Waals surface area contributed by atoms with E-state index in [4.69, 9.17) is 0 Å². The Balaban J connectivity index is 2.33. The topological polar surface area (TPSA) is 50.9 Å². The third-order valence-corrected chi connectivity index (χ3v) is 2.65. The highest BCUT2D eigenvalue weighted by Gasteiger charge is 2.15. The molecule has 2 aromatic heterocycles. The molecule has 68 valence electrons. The first-order valence-corrected chi connectivity index (χ1v) is 4.70. The number of nitrogens with zero attached hydrogens (tertiary/aromatic N) is 3. The van der Waals surface area contributed by atoms with E-state index in [1.54, 1.807) is 28.7 Å². The summed E-state index contributed by atoms with van der Waals surface area (Å²) in [5.41, 5.74) is 1.70. The summed E-state index contributed by atoms with van der Waals surface area (Å²) in [6, 6.07) is 0. The van der Waals surface area contributed by atoms with Crippen LogP contribution in [0.15, 0.2) is 24.1 Å². The standard InChI is InChI=1S/C8H9N3OS/c1-11-3-2-10-8(11)7(12)6-4-9-5-13-6/h2-5,7,12H,1H3. The lowest BCUT2D eigenvalue weighted by Crippen LogP contribution is -2.05. The van der Waals surface area contributed by atoms with Gasteiger partial charge < -0.3 is 9.67 Å². The maximum atomic E-state index is 9.84. The third-order valence-electron chi connectivity index (χ3n) is 1.82. The van der Waals surface area contributed by atoms with Gasteiger partial charge in [0, 0.05) is 25.6 Å². The molecular formula is C8H9N3OS. The second-order valence-electron chi connectivity index (χ2n) is 2.70. The maximum Gasteiger partial charge on any atom is 0.147 e. The molecule has 1 atom stereocenters. The van der Waals surface area contributed by atoms with Gasteiger partial charge in [-0.25, -0.2) is 4.98 Å². The fourth-order valence-electron chi connectivity index (χ4n) is 1.13. The van der Waals surface area contributed by atoms with Crippen LogP contribution in [0.3, 0.4) is 0 Å². The van der Waals surface area contributed by atoms with Crippen molar-refractivity contribution in [2.24, 2.45) is 7.05 Å². The third kappa shape index (κ3) is 1.48. The van der Waals surface area contributed by atoms with Crippen molar-refractivity contribution >= 4 is 11.3 Å². The second-order valence-corrected chi connectivity index (χ2v) is 3.62. The number of rotatable bonds is 2. The van der Waals surface area contributed by atoms with Gasteiger partial charge in [0.05, 0.1) is 10.4 Å². The highest BCUT2D eigenvalue weighted by atomic mass is 32.1. The zero-order chi connectivity index (χ0) is 9.26. The van der Waals surface area contributed by atoms with Crippen LogP contribution in [0.2, 0.25) is 0 Å². The smallest absolute Gasteiger partial charge is 0.147 e. The highest BCUT2D eigenvalue weighted by molar-refractivity contribution is 7.09. The number of hydrogen-bond donors (Lipinski definition) is 1. The van der Waals surface area contributed by atoms with Crippen molar-refractivity contribution in [1.29, 1.82) is 0 Å². The van der Waals surface area contributed by atoms with E-state index in [0.29, 0.717) is 5.82 Å². The molecule has 4 nitrogen and oxygen atoms in total. The molecule has 0 aromatic carbocycles. The predicted molar refractivity (Wildman–Crippen MR) is 49.4 cm³/mol. The Kier molecular flexibility index (Phi) is 2.12. The molecule has 0 saturated carbocycles. The van der Waals surface area contributed by atoms with Crippen molar-refractivity contribution in [3.05, 3.63) is 34.8 Å². The lowest BCUT2D eigenvalue weighted by molar-refractivity contribution is 0.210. The number of aromatic nitrogens is 3. The van der Waals surface area contributed by atoms with E-state index in [1.807, 2.05) is 7.05 Å². The fourth-order valence-corrected chi connectivity index (χ4v) is 1.73. The highest BCUT2D eigenvalue weighted by Crippen LogP contribution is 2.22. The minimum Gasteiger partial charge on any atom is -0.379 e. The maximum absolute atomic E-state index is 9.84. The summed E-state index contributed by atoms with van der Waals surface area (Å²) in [4.78, 5) is 8.78. The first kappa shape index (κ1) is 8.40. The molecule has 2 rings (SSSR count).